The quantitative estimate of drug-likeness (QED) is 0.507. The standard InChI is InChI=1S/Fe.Ni.3O.Zn/q2*+2;3*-2;+2. The smallest absolute Gasteiger partial charge is 2.00 e. The van der Waals surface area contributed by atoms with Crippen LogP contribution in [0, 0.1) is 0 Å². The molecule has 0 aromatic carbocycles. The molecule has 0 rings (SSSR count). The molecule has 0 amide bonds. The van der Waals surface area contributed by atoms with Crippen LogP contribution in [0.25, 0.3) is 0 Å². The van der Waals surface area contributed by atoms with Gasteiger partial charge in [0.2, 0.25) is 0 Å². The minimum absolute atomic E-state index is 0. The molecule has 0 unspecified atom stereocenters. The largest absolute Gasteiger partial charge is 2.00 e. The summed E-state index contributed by atoms with van der Waals surface area (Å²) < 4.78 is 0. The van der Waals surface area contributed by atoms with Crippen molar-refractivity contribution >= 4 is 0 Å². The van der Waals surface area contributed by atoms with E-state index >= 15 is 0 Å². The van der Waals surface area contributed by atoms with E-state index < -0.39 is 0 Å². The maximum absolute atomic E-state index is 0. The first kappa shape index (κ1) is 139. The van der Waals surface area contributed by atoms with Gasteiger partial charge in [0, 0.05) is 0 Å². The fourth-order valence-corrected chi connectivity index (χ4v) is 0. The molecule has 0 aromatic heterocycles. The molecule has 0 radical (unpaired) electrons. The number of rotatable bonds is 0. The second-order valence-corrected chi connectivity index (χ2v) is 0. The van der Waals surface area contributed by atoms with Gasteiger partial charge < -0.3 is 16.4 Å². The van der Waals surface area contributed by atoms with Gasteiger partial charge >= 0.3 is 53.0 Å². The molecule has 0 aliphatic rings. The van der Waals surface area contributed by atoms with Gasteiger partial charge in [-0.25, -0.2) is 0 Å². The van der Waals surface area contributed by atoms with Crippen molar-refractivity contribution in [1.82, 2.24) is 0 Å². The molecule has 0 aromatic rings. The first-order valence-electron chi connectivity index (χ1n) is 0. The predicted octanol–water partition coefficient (Wildman–Crippen LogP) is -0.364. The van der Waals surface area contributed by atoms with Crippen LogP contribution in [0.1, 0.15) is 0 Å². The van der Waals surface area contributed by atoms with Gasteiger partial charge in [-0.05, 0) is 0 Å². The first-order chi connectivity index (χ1) is 0. The fraction of sp³-hybridized carbons (Fsp3) is 0. The molecule has 0 bridgehead atoms. The zero-order chi connectivity index (χ0) is 0. The van der Waals surface area contributed by atoms with Gasteiger partial charge in [-0.15, -0.1) is 0 Å². The summed E-state index contributed by atoms with van der Waals surface area (Å²) in [6.45, 7) is 0. The van der Waals surface area contributed by atoms with Crippen LogP contribution in [0.5, 0.6) is 0 Å². The van der Waals surface area contributed by atoms with E-state index in [1.54, 1.807) is 0 Å². The van der Waals surface area contributed by atoms with Crippen LogP contribution in [-0.2, 0) is 69.5 Å². The molecule has 0 fully saturated rings. The molecule has 0 saturated heterocycles. The topological polar surface area (TPSA) is 85.5 Å². The van der Waals surface area contributed by atoms with E-state index in [-0.39, 0.29) is 69.5 Å². The van der Waals surface area contributed by atoms with Crippen LogP contribution in [0.4, 0.5) is 0 Å². The summed E-state index contributed by atoms with van der Waals surface area (Å²) in [7, 11) is 0. The fourth-order valence-electron chi connectivity index (χ4n) is 0. The minimum Gasteiger partial charge on any atom is -2.00 e. The Morgan fingerprint density at radius 1 is 0.667 bits per heavy atom. The van der Waals surface area contributed by atoms with Crippen LogP contribution in [0.15, 0.2) is 0 Å². The molecule has 0 saturated carbocycles. The maximum Gasteiger partial charge on any atom is 2.00 e. The van der Waals surface area contributed by atoms with Crippen LogP contribution >= 0.6 is 0 Å². The summed E-state index contributed by atoms with van der Waals surface area (Å²) in [4.78, 5) is 0. The van der Waals surface area contributed by atoms with Gasteiger partial charge in [0.05, 0.1) is 0 Å². The predicted molar refractivity (Wildman–Crippen MR) is 2.06 cm³/mol. The molecule has 0 aliphatic carbocycles. The zero-order valence-electron chi connectivity index (χ0n) is 2.60. The molecule has 0 spiro atoms. The van der Waals surface area contributed by atoms with Gasteiger partial charge in [0.15, 0.2) is 0 Å². The average Bonchev–Trinajstić information content (AvgIpc) is 0. The van der Waals surface area contributed by atoms with Crippen molar-refractivity contribution in [1.29, 1.82) is 0 Å². The Morgan fingerprint density at radius 3 is 0.667 bits per heavy atom. The second kappa shape index (κ2) is 86.2. The zero-order valence-corrected chi connectivity index (χ0v) is 7.66. The molecule has 0 heterocycles. The third-order valence-electron chi connectivity index (χ3n) is 0. The summed E-state index contributed by atoms with van der Waals surface area (Å²) >= 11 is 0. The Balaban J connectivity index is 0. The molecule has 0 aliphatic heterocycles. The summed E-state index contributed by atoms with van der Waals surface area (Å²) in [5, 5.41) is 0. The van der Waals surface area contributed by atoms with Crippen LogP contribution in [-0.4, -0.2) is 0 Å². The Hall–Kier alpha value is 1.52. The summed E-state index contributed by atoms with van der Waals surface area (Å²) in [5.41, 5.74) is 0. The van der Waals surface area contributed by atoms with E-state index in [4.69, 9.17) is 0 Å². The van der Waals surface area contributed by atoms with E-state index in [2.05, 4.69) is 0 Å². The van der Waals surface area contributed by atoms with Crippen molar-refractivity contribution in [2.45, 2.75) is 0 Å². The first-order valence-corrected chi connectivity index (χ1v) is 0. The molecule has 6 heavy (non-hydrogen) atoms. The Labute approximate surface area is 69.3 Å². The summed E-state index contributed by atoms with van der Waals surface area (Å²) in [5.74, 6) is 0. The molecule has 38 valence electrons. The van der Waals surface area contributed by atoms with Crippen LogP contribution in [0.2, 0.25) is 0 Å². The second-order valence-electron chi connectivity index (χ2n) is 0. The van der Waals surface area contributed by atoms with E-state index in [1.807, 2.05) is 0 Å². The van der Waals surface area contributed by atoms with Gasteiger partial charge in [-0.1, -0.05) is 0 Å². The number of hydrogen-bond acceptors (Lipinski definition) is 0. The average molecular weight is 228 g/mol. The SMILES string of the molecule is [Fe+2].[Ni+2].[O-2].[O-2].[O-2].[Zn+2]. The maximum atomic E-state index is 0. The van der Waals surface area contributed by atoms with Gasteiger partial charge in [0.25, 0.3) is 0 Å². The Kier molecular flexibility index (Phi) is 2000. The monoisotopic (exact) mass is 226 g/mol. The molecule has 6 heteroatoms. The van der Waals surface area contributed by atoms with Crippen molar-refractivity contribution in [3.05, 3.63) is 0 Å². The molecular formula is FeNiO3Zn. The molecule has 3 nitrogen and oxygen atoms in total. The van der Waals surface area contributed by atoms with Crippen molar-refractivity contribution < 1.29 is 69.5 Å². The van der Waals surface area contributed by atoms with E-state index in [1.165, 1.54) is 0 Å². The van der Waals surface area contributed by atoms with Crippen molar-refractivity contribution in [3.63, 3.8) is 0 Å². The third-order valence-corrected chi connectivity index (χ3v) is 0. The molecule has 0 atom stereocenters. The van der Waals surface area contributed by atoms with Crippen molar-refractivity contribution in [2.24, 2.45) is 0 Å². The number of hydrogen-bond donors (Lipinski definition) is 0. The van der Waals surface area contributed by atoms with Crippen molar-refractivity contribution in [3.8, 4) is 0 Å². The molecular weight excluding hydrogens is 228 g/mol. The third kappa shape index (κ3) is 48.9. The van der Waals surface area contributed by atoms with Gasteiger partial charge in [-0.3, -0.25) is 0 Å². The van der Waals surface area contributed by atoms with Crippen LogP contribution < -0.4 is 0 Å². The normalized spacial score (nSPS) is 0. The van der Waals surface area contributed by atoms with Crippen LogP contribution in [0.3, 0.4) is 0 Å². The Morgan fingerprint density at radius 2 is 0.667 bits per heavy atom. The molecule has 0 N–H and O–H groups in total. The van der Waals surface area contributed by atoms with E-state index in [0.29, 0.717) is 0 Å². The van der Waals surface area contributed by atoms with E-state index in [0.717, 1.165) is 0 Å². The van der Waals surface area contributed by atoms with Gasteiger partial charge in [0.1, 0.15) is 0 Å². The Bertz CT molecular complexity index is 10.8. The van der Waals surface area contributed by atoms with E-state index in [9.17, 15) is 0 Å². The van der Waals surface area contributed by atoms with Gasteiger partial charge in [-0.2, -0.15) is 0 Å². The summed E-state index contributed by atoms with van der Waals surface area (Å²) in [6.07, 6.45) is 0. The minimum atomic E-state index is 0. The van der Waals surface area contributed by atoms with Crippen molar-refractivity contribution in [2.75, 3.05) is 0 Å². The summed E-state index contributed by atoms with van der Waals surface area (Å²) in [6, 6.07) is 0.